The summed E-state index contributed by atoms with van der Waals surface area (Å²) in [6, 6.07) is 5.13. The van der Waals surface area contributed by atoms with Gasteiger partial charge in [-0.2, -0.15) is 0 Å². The van der Waals surface area contributed by atoms with Crippen LogP contribution >= 0.6 is 0 Å². The molecule has 1 heterocycles. The molecule has 0 N–H and O–H groups in total. The third kappa shape index (κ3) is 4.55. The lowest BCUT2D eigenvalue weighted by atomic mass is 9.63. The van der Waals surface area contributed by atoms with Crippen molar-refractivity contribution >= 4 is 23.4 Å². The van der Waals surface area contributed by atoms with Crippen molar-refractivity contribution in [3.8, 4) is 11.5 Å². The number of fused-ring (bicyclic) bond motifs is 1. The van der Waals surface area contributed by atoms with Crippen LogP contribution in [-0.4, -0.2) is 37.2 Å². The number of methoxy groups -OCH3 is 1. The lowest BCUT2D eigenvalue weighted by molar-refractivity contribution is -0.137. The number of benzene rings is 1. The molecule has 2 atom stereocenters. The quantitative estimate of drug-likeness (QED) is 0.521. The molecule has 2 aliphatic rings. The number of allylic oxidation sites excluding steroid dienone is 1. The van der Waals surface area contributed by atoms with E-state index in [1.165, 1.54) is 14.0 Å². The number of nitrogens with zero attached hydrogens (tertiary/aromatic N) is 1. The predicted octanol–water partition coefficient (Wildman–Crippen LogP) is 4.00. The molecular weight excluding hydrogens is 398 g/mol. The lowest BCUT2D eigenvalue weighted by Crippen LogP contribution is -2.44. The van der Waals surface area contributed by atoms with E-state index in [-0.39, 0.29) is 11.2 Å². The van der Waals surface area contributed by atoms with Gasteiger partial charge in [-0.25, -0.2) is 4.79 Å². The summed E-state index contributed by atoms with van der Waals surface area (Å²) in [6.45, 7) is 9.38. The Morgan fingerprint density at radius 2 is 1.87 bits per heavy atom. The largest absolute Gasteiger partial charge is 0.490 e. The smallest absolute Gasteiger partial charge is 0.336 e. The standard InChI is InChI=1S/C24H29NO6/c1-7-30-19-10-15(8-9-18(19)31-14(3)26)21-20(23(28)29-6)13(2)25-16-11-24(4,5)12-17(27)22(16)21/h8-10,21-22H,7,11-12H2,1-6H3/t21-,22?/m0/s1. The molecular formula is C24H29NO6. The number of ether oxygens (including phenoxy) is 3. The maximum absolute atomic E-state index is 13.3. The Kier molecular flexibility index (Phi) is 6.34. The van der Waals surface area contributed by atoms with Gasteiger partial charge in [0.15, 0.2) is 11.5 Å². The maximum atomic E-state index is 13.3. The predicted molar refractivity (Wildman–Crippen MR) is 115 cm³/mol. The molecule has 0 saturated heterocycles. The highest BCUT2D eigenvalue weighted by Gasteiger charge is 2.47. The van der Waals surface area contributed by atoms with Crippen LogP contribution in [0.25, 0.3) is 0 Å². The molecule has 0 radical (unpaired) electrons. The molecule has 1 unspecified atom stereocenters. The number of hydrogen-bond acceptors (Lipinski definition) is 7. The van der Waals surface area contributed by atoms with E-state index >= 15 is 0 Å². The van der Waals surface area contributed by atoms with E-state index in [1.807, 2.05) is 6.92 Å². The van der Waals surface area contributed by atoms with E-state index in [9.17, 15) is 14.4 Å². The van der Waals surface area contributed by atoms with E-state index in [2.05, 4.69) is 18.8 Å². The third-order valence-electron chi connectivity index (χ3n) is 5.65. The Balaban J connectivity index is 2.17. The van der Waals surface area contributed by atoms with Crippen LogP contribution in [0.4, 0.5) is 0 Å². The minimum Gasteiger partial charge on any atom is -0.490 e. The summed E-state index contributed by atoms with van der Waals surface area (Å²) in [5.41, 5.74) is 2.24. The number of hydrogen-bond donors (Lipinski definition) is 0. The highest BCUT2D eigenvalue weighted by atomic mass is 16.6. The summed E-state index contributed by atoms with van der Waals surface area (Å²) in [4.78, 5) is 42.1. The summed E-state index contributed by atoms with van der Waals surface area (Å²) in [5, 5.41) is 0. The molecule has 1 saturated carbocycles. The van der Waals surface area contributed by atoms with Gasteiger partial charge < -0.3 is 14.2 Å². The van der Waals surface area contributed by atoms with Gasteiger partial charge in [-0.1, -0.05) is 19.9 Å². The highest BCUT2D eigenvalue weighted by Crippen LogP contribution is 2.48. The summed E-state index contributed by atoms with van der Waals surface area (Å²) in [5.74, 6) is -1.34. The number of esters is 2. The average molecular weight is 427 g/mol. The van der Waals surface area contributed by atoms with Crippen LogP contribution < -0.4 is 9.47 Å². The number of aliphatic imine (C=N–C) groups is 1. The molecule has 0 amide bonds. The molecule has 1 fully saturated rings. The molecule has 7 nitrogen and oxygen atoms in total. The van der Waals surface area contributed by atoms with E-state index in [0.717, 1.165) is 5.71 Å². The van der Waals surface area contributed by atoms with E-state index in [0.29, 0.717) is 47.8 Å². The van der Waals surface area contributed by atoms with Crippen LogP contribution in [-0.2, 0) is 19.1 Å². The minimum absolute atomic E-state index is 0.0518. The van der Waals surface area contributed by atoms with Gasteiger partial charge in [-0.15, -0.1) is 0 Å². The van der Waals surface area contributed by atoms with Crippen molar-refractivity contribution in [3.05, 3.63) is 35.0 Å². The fraction of sp³-hybridized carbons (Fsp3) is 0.500. The Hall–Kier alpha value is -2.96. The number of carbonyl (C=O) groups is 3. The van der Waals surface area contributed by atoms with Crippen molar-refractivity contribution in [2.75, 3.05) is 13.7 Å². The molecule has 1 aromatic rings. The first-order valence-electron chi connectivity index (χ1n) is 10.4. The molecule has 3 rings (SSSR count). The van der Waals surface area contributed by atoms with Crippen LogP contribution in [0.2, 0.25) is 0 Å². The van der Waals surface area contributed by atoms with Crippen molar-refractivity contribution in [1.82, 2.24) is 0 Å². The van der Waals surface area contributed by atoms with Gasteiger partial charge in [-0.3, -0.25) is 14.6 Å². The number of Topliss-reactive ketones (excluding diaryl/α,β-unsaturated/α-hetero) is 1. The van der Waals surface area contributed by atoms with Crippen LogP contribution in [0.3, 0.4) is 0 Å². The Morgan fingerprint density at radius 3 is 2.48 bits per heavy atom. The monoisotopic (exact) mass is 427 g/mol. The van der Waals surface area contributed by atoms with Gasteiger partial charge in [0.05, 0.1) is 25.2 Å². The Morgan fingerprint density at radius 1 is 1.16 bits per heavy atom. The summed E-state index contributed by atoms with van der Waals surface area (Å²) >= 11 is 0. The first-order valence-corrected chi connectivity index (χ1v) is 10.4. The van der Waals surface area contributed by atoms with Gasteiger partial charge in [0.25, 0.3) is 0 Å². The summed E-state index contributed by atoms with van der Waals surface area (Å²) in [7, 11) is 1.32. The molecule has 0 spiro atoms. The maximum Gasteiger partial charge on any atom is 0.336 e. The molecule has 0 aromatic heterocycles. The lowest BCUT2D eigenvalue weighted by Gasteiger charge is -2.41. The SMILES string of the molecule is CCOc1cc([C@H]2C(C(=O)OC)=C(C)N=C3CC(C)(C)CC(=O)C32)ccc1OC(C)=O. The molecule has 1 aliphatic carbocycles. The molecule has 0 bridgehead atoms. The van der Waals surface area contributed by atoms with Crippen molar-refractivity contribution in [1.29, 1.82) is 0 Å². The van der Waals surface area contributed by atoms with Crippen molar-refractivity contribution in [3.63, 3.8) is 0 Å². The van der Waals surface area contributed by atoms with Gasteiger partial charge in [-0.05, 0) is 43.4 Å². The average Bonchev–Trinajstić information content (AvgIpc) is 2.66. The molecule has 1 aliphatic heterocycles. The normalized spacial score (nSPS) is 22.4. The molecule has 166 valence electrons. The van der Waals surface area contributed by atoms with Gasteiger partial charge >= 0.3 is 11.9 Å². The summed E-state index contributed by atoms with van der Waals surface area (Å²) < 4.78 is 16.0. The minimum atomic E-state index is -0.547. The van der Waals surface area contributed by atoms with Gasteiger partial charge in [0.1, 0.15) is 5.78 Å². The molecule has 31 heavy (non-hydrogen) atoms. The van der Waals surface area contributed by atoms with Crippen molar-refractivity contribution in [2.45, 2.75) is 53.4 Å². The first kappa shape index (κ1) is 22.7. The zero-order valence-corrected chi connectivity index (χ0v) is 18.9. The van der Waals surface area contributed by atoms with Gasteiger partial charge in [0.2, 0.25) is 0 Å². The van der Waals surface area contributed by atoms with Crippen molar-refractivity contribution < 1.29 is 28.6 Å². The zero-order chi connectivity index (χ0) is 22.9. The topological polar surface area (TPSA) is 91.3 Å². The second-order valence-electron chi connectivity index (χ2n) is 8.77. The number of carbonyl (C=O) groups excluding carboxylic acids is 3. The van der Waals surface area contributed by atoms with E-state index in [1.54, 1.807) is 25.1 Å². The Labute approximate surface area is 182 Å². The van der Waals surface area contributed by atoms with E-state index in [4.69, 9.17) is 14.2 Å². The highest BCUT2D eigenvalue weighted by molar-refractivity contribution is 6.12. The van der Waals surface area contributed by atoms with Gasteiger partial charge in [0, 0.05) is 30.7 Å². The van der Waals surface area contributed by atoms with Crippen LogP contribution in [0.5, 0.6) is 11.5 Å². The third-order valence-corrected chi connectivity index (χ3v) is 5.65. The number of rotatable bonds is 5. The Bertz CT molecular complexity index is 988. The summed E-state index contributed by atoms with van der Waals surface area (Å²) in [6.07, 6.45) is 1.08. The van der Waals surface area contributed by atoms with Crippen molar-refractivity contribution in [2.24, 2.45) is 16.3 Å². The molecule has 7 heteroatoms. The zero-order valence-electron chi connectivity index (χ0n) is 18.9. The fourth-order valence-electron chi connectivity index (χ4n) is 4.55. The van der Waals surface area contributed by atoms with Crippen LogP contribution in [0, 0.1) is 11.3 Å². The van der Waals surface area contributed by atoms with Crippen LogP contribution in [0.15, 0.2) is 34.5 Å². The fourth-order valence-corrected chi connectivity index (χ4v) is 4.55. The second-order valence-corrected chi connectivity index (χ2v) is 8.77. The first-order chi connectivity index (χ1) is 14.6. The number of ketones is 1. The second kappa shape index (κ2) is 8.65. The van der Waals surface area contributed by atoms with E-state index < -0.39 is 23.8 Å². The van der Waals surface area contributed by atoms with Crippen LogP contribution in [0.1, 0.15) is 58.9 Å². The molecule has 1 aromatic carbocycles.